The van der Waals surface area contributed by atoms with Gasteiger partial charge in [0.25, 0.3) is 0 Å². The molecule has 0 N–H and O–H groups in total. The van der Waals surface area contributed by atoms with Gasteiger partial charge in [-0.05, 0) is 31.5 Å². The summed E-state index contributed by atoms with van der Waals surface area (Å²) in [6, 6.07) is 5.02. The summed E-state index contributed by atoms with van der Waals surface area (Å²) < 4.78 is 0. The van der Waals surface area contributed by atoms with E-state index in [2.05, 4.69) is 0 Å². The summed E-state index contributed by atoms with van der Waals surface area (Å²) in [5.74, 6) is -0.283. The maximum atomic E-state index is 12.3. The van der Waals surface area contributed by atoms with Gasteiger partial charge in [-0.2, -0.15) is 0 Å². The van der Waals surface area contributed by atoms with Crippen LogP contribution in [0.25, 0.3) is 0 Å². The molecule has 0 spiro atoms. The lowest BCUT2D eigenvalue weighted by Crippen LogP contribution is -2.49. The fourth-order valence-electron chi connectivity index (χ4n) is 2.16. The molecule has 0 bridgehead atoms. The fraction of sp³-hybridized carbons (Fsp3) is 0.385. The number of carbonyl (C=O) groups is 2. The summed E-state index contributed by atoms with van der Waals surface area (Å²) in [7, 11) is 1.68. The molecule has 90 valence electrons. The highest BCUT2D eigenvalue weighted by atomic mass is 35.5. The molecular formula is C13H14ClNO2. The molecule has 1 aromatic rings. The van der Waals surface area contributed by atoms with Crippen LogP contribution in [0.15, 0.2) is 18.2 Å². The van der Waals surface area contributed by atoms with E-state index in [9.17, 15) is 9.59 Å². The van der Waals surface area contributed by atoms with Gasteiger partial charge in [0.2, 0.25) is 5.91 Å². The van der Waals surface area contributed by atoms with Crippen molar-refractivity contribution in [2.75, 3.05) is 11.9 Å². The minimum atomic E-state index is -0.949. The van der Waals surface area contributed by atoms with Crippen LogP contribution < -0.4 is 4.90 Å². The molecule has 1 aromatic carbocycles. The second-order valence-electron chi connectivity index (χ2n) is 4.54. The Morgan fingerprint density at radius 2 is 2.00 bits per heavy atom. The van der Waals surface area contributed by atoms with Crippen LogP contribution in [0, 0.1) is 5.41 Å². The number of hydrogen-bond donors (Lipinski definition) is 0. The van der Waals surface area contributed by atoms with Gasteiger partial charge < -0.3 is 4.90 Å². The maximum Gasteiger partial charge on any atom is 0.240 e. The number of amides is 1. The Bertz CT molecular complexity index is 512. The molecule has 17 heavy (non-hydrogen) atoms. The van der Waals surface area contributed by atoms with Crippen molar-refractivity contribution in [3.63, 3.8) is 0 Å². The van der Waals surface area contributed by atoms with Crippen LogP contribution in [0.2, 0.25) is 5.02 Å². The number of nitrogens with zero attached hydrogens (tertiary/aromatic N) is 1. The van der Waals surface area contributed by atoms with Crippen molar-refractivity contribution in [2.45, 2.75) is 20.3 Å². The van der Waals surface area contributed by atoms with E-state index in [4.69, 9.17) is 11.6 Å². The molecule has 0 radical (unpaired) electrons. The van der Waals surface area contributed by atoms with E-state index in [0.717, 1.165) is 0 Å². The largest absolute Gasteiger partial charge is 0.314 e. The predicted molar refractivity (Wildman–Crippen MR) is 67.6 cm³/mol. The molecule has 4 heteroatoms. The summed E-state index contributed by atoms with van der Waals surface area (Å²) >= 11 is 5.89. The Kier molecular flexibility index (Phi) is 2.74. The van der Waals surface area contributed by atoms with E-state index >= 15 is 0 Å². The van der Waals surface area contributed by atoms with E-state index in [-0.39, 0.29) is 11.7 Å². The number of halogens is 1. The minimum Gasteiger partial charge on any atom is -0.314 e. The van der Waals surface area contributed by atoms with Gasteiger partial charge >= 0.3 is 0 Å². The summed E-state index contributed by atoms with van der Waals surface area (Å²) in [6.45, 7) is 3.55. The van der Waals surface area contributed by atoms with Gasteiger partial charge in [0.1, 0.15) is 5.41 Å². The van der Waals surface area contributed by atoms with E-state index < -0.39 is 5.41 Å². The summed E-state index contributed by atoms with van der Waals surface area (Å²) in [4.78, 5) is 26.1. The Morgan fingerprint density at radius 1 is 1.35 bits per heavy atom. The highest BCUT2D eigenvalue weighted by Crippen LogP contribution is 2.39. The van der Waals surface area contributed by atoms with Crippen LogP contribution in [0.5, 0.6) is 0 Å². The molecule has 1 unspecified atom stereocenters. The van der Waals surface area contributed by atoms with Crippen LogP contribution in [-0.2, 0) is 4.79 Å². The average Bonchev–Trinajstić information content (AvgIpc) is 2.33. The lowest BCUT2D eigenvalue weighted by atomic mass is 9.75. The lowest BCUT2D eigenvalue weighted by Gasteiger charge is -2.36. The standard InChI is InChI=1S/C13H14ClNO2/c1-4-13(2)11(16)9-6-5-8(14)7-10(9)15(3)12(13)17/h5-7H,4H2,1-3H3. The highest BCUT2D eigenvalue weighted by Gasteiger charge is 2.46. The molecule has 1 heterocycles. The number of Topliss-reactive ketones (excluding diaryl/α,β-unsaturated/α-hetero) is 1. The van der Waals surface area contributed by atoms with Crippen molar-refractivity contribution in [2.24, 2.45) is 5.41 Å². The second kappa shape index (κ2) is 3.84. The van der Waals surface area contributed by atoms with Gasteiger partial charge in [0, 0.05) is 17.6 Å². The van der Waals surface area contributed by atoms with Crippen LogP contribution in [0.4, 0.5) is 5.69 Å². The van der Waals surface area contributed by atoms with Crippen molar-refractivity contribution >= 4 is 29.0 Å². The highest BCUT2D eigenvalue weighted by molar-refractivity contribution is 6.32. The molecule has 0 fully saturated rings. The van der Waals surface area contributed by atoms with E-state index in [1.807, 2.05) is 6.92 Å². The van der Waals surface area contributed by atoms with Crippen LogP contribution in [0.3, 0.4) is 0 Å². The number of benzene rings is 1. The predicted octanol–water partition coefficient (Wildman–Crippen LogP) is 2.92. The zero-order chi connectivity index (χ0) is 12.8. The number of carbonyl (C=O) groups excluding carboxylic acids is 2. The van der Waals surface area contributed by atoms with Crippen molar-refractivity contribution < 1.29 is 9.59 Å². The van der Waals surface area contributed by atoms with Gasteiger partial charge in [0.05, 0.1) is 5.69 Å². The number of ketones is 1. The molecule has 0 saturated heterocycles. The first-order chi connectivity index (χ1) is 7.91. The molecule has 2 rings (SSSR count). The van der Waals surface area contributed by atoms with E-state index in [1.165, 1.54) is 4.90 Å². The third-order valence-corrected chi connectivity index (χ3v) is 3.79. The zero-order valence-electron chi connectivity index (χ0n) is 10.1. The van der Waals surface area contributed by atoms with E-state index in [1.54, 1.807) is 32.2 Å². The van der Waals surface area contributed by atoms with Crippen LogP contribution in [0.1, 0.15) is 30.6 Å². The quantitative estimate of drug-likeness (QED) is 0.720. The molecule has 0 saturated carbocycles. The van der Waals surface area contributed by atoms with Gasteiger partial charge in [-0.25, -0.2) is 0 Å². The summed E-state index contributed by atoms with van der Waals surface area (Å²) in [6.07, 6.45) is 0.497. The Labute approximate surface area is 105 Å². The van der Waals surface area contributed by atoms with Crippen LogP contribution in [-0.4, -0.2) is 18.7 Å². The lowest BCUT2D eigenvalue weighted by molar-refractivity contribution is -0.125. The maximum absolute atomic E-state index is 12.3. The van der Waals surface area contributed by atoms with Gasteiger partial charge in [-0.1, -0.05) is 18.5 Å². The third-order valence-electron chi connectivity index (χ3n) is 3.55. The number of anilines is 1. The monoisotopic (exact) mass is 251 g/mol. The molecule has 3 nitrogen and oxygen atoms in total. The topological polar surface area (TPSA) is 37.4 Å². The van der Waals surface area contributed by atoms with Crippen LogP contribution >= 0.6 is 11.6 Å². The molecule has 1 amide bonds. The number of hydrogen-bond acceptors (Lipinski definition) is 2. The molecule has 0 aliphatic carbocycles. The van der Waals surface area contributed by atoms with Crippen molar-refractivity contribution in [1.82, 2.24) is 0 Å². The first kappa shape index (κ1) is 12.1. The summed E-state index contributed by atoms with van der Waals surface area (Å²) in [5.41, 5.74) is 0.217. The summed E-state index contributed by atoms with van der Waals surface area (Å²) in [5, 5.41) is 0.524. The third kappa shape index (κ3) is 1.57. The Hall–Kier alpha value is -1.35. The average molecular weight is 252 g/mol. The fourth-order valence-corrected chi connectivity index (χ4v) is 2.33. The number of rotatable bonds is 1. The Morgan fingerprint density at radius 3 is 2.59 bits per heavy atom. The molecule has 1 aliphatic rings. The normalized spacial score (nSPS) is 23.9. The second-order valence-corrected chi connectivity index (χ2v) is 4.98. The molecule has 1 atom stereocenters. The Balaban J connectivity index is 2.67. The first-order valence-electron chi connectivity index (χ1n) is 5.54. The SMILES string of the molecule is CCC1(C)C(=O)c2ccc(Cl)cc2N(C)C1=O. The minimum absolute atomic E-state index is 0.116. The van der Waals surface area contributed by atoms with Crippen molar-refractivity contribution in [1.29, 1.82) is 0 Å². The van der Waals surface area contributed by atoms with Crippen molar-refractivity contribution in [3.8, 4) is 0 Å². The first-order valence-corrected chi connectivity index (χ1v) is 5.92. The molecule has 0 aromatic heterocycles. The van der Waals surface area contributed by atoms with Crippen molar-refractivity contribution in [3.05, 3.63) is 28.8 Å². The number of fused-ring (bicyclic) bond motifs is 1. The van der Waals surface area contributed by atoms with Gasteiger partial charge in [-0.15, -0.1) is 0 Å². The molecule has 1 aliphatic heterocycles. The van der Waals surface area contributed by atoms with E-state index in [0.29, 0.717) is 22.7 Å². The zero-order valence-corrected chi connectivity index (χ0v) is 10.8. The smallest absolute Gasteiger partial charge is 0.240 e. The molecular weight excluding hydrogens is 238 g/mol. The van der Waals surface area contributed by atoms with Gasteiger partial charge in [0.15, 0.2) is 5.78 Å². The van der Waals surface area contributed by atoms with Gasteiger partial charge in [-0.3, -0.25) is 9.59 Å².